The van der Waals surface area contributed by atoms with Crippen molar-refractivity contribution in [3.8, 4) is 0 Å². The lowest BCUT2D eigenvalue weighted by molar-refractivity contribution is 0.1000. The van der Waals surface area contributed by atoms with E-state index in [-0.39, 0.29) is 5.91 Å². The van der Waals surface area contributed by atoms with Crippen LogP contribution >= 0.6 is 0 Å². The molecule has 2 atom stereocenters. The summed E-state index contributed by atoms with van der Waals surface area (Å²) in [5, 5.41) is 3.66. The molecule has 0 bridgehead atoms. The molecular formula is C17H25N3O. The molecule has 0 aliphatic carbocycles. The first-order chi connectivity index (χ1) is 10.2. The van der Waals surface area contributed by atoms with E-state index in [4.69, 9.17) is 5.73 Å². The molecular weight excluding hydrogens is 262 g/mol. The number of nitrogens with two attached hydrogens (primary N) is 1. The standard InChI is InChI=1S/C17H25N3O/c18-17(21)14-8-6-13(7-9-14)12-20-11-2-1-5-16(20)15-4-3-10-19-15/h6-9,15-16,19H,1-5,10-12H2,(H2,18,21). The number of carbonyl (C=O) groups excluding carboxylic acids is 1. The van der Waals surface area contributed by atoms with Crippen LogP contribution in [-0.2, 0) is 6.54 Å². The molecule has 1 aromatic rings. The summed E-state index contributed by atoms with van der Waals surface area (Å²) >= 11 is 0. The number of amides is 1. The number of rotatable bonds is 4. The summed E-state index contributed by atoms with van der Waals surface area (Å²) < 4.78 is 0. The number of primary amides is 1. The van der Waals surface area contributed by atoms with Gasteiger partial charge in [-0.2, -0.15) is 0 Å². The molecule has 114 valence electrons. The summed E-state index contributed by atoms with van der Waals surface area (Å²) in [5.74, 6) is -0.354. The Labute approximate surface area is 126 Å². The van der Waals surface area contributed by atoms with Crippen LogP contribution in [0.1, 0.15) is 48.0 Å². The Balaban J connectivity index is 1.67. The van der Waals surface area contributed by atoms with Crippen molar-refractivity contribution >= 4 is 5.91 Å². The highest BCUT2D eigenvalue weighted by molar-refractivity contribution is 5.92. The van der Waals surface area contributed by atoms with E-state index in [2.05, 4.69) is 10.2 Å². The van der Waals surface area contributed by atoms with E-state index in [1.807, 2.05) is 24.3 Å². The summed E-state index contributed by atoms with van der Waals surface area (Å²) in [6.07, 6.45) is 6.56. The molecule has 0 spiro atoms. The summed E-state index contributed by atoms with van der Waals surface area (Å²) in [6.45, 7) is 3.32. The van der Waals surface area contributed by atoms with E-state index < -0.39 is 0 Å². The number of piperidine rings is 1. The van der Waals surface area contributed by atoms with Crippen molar-refractivity contribution < 1.29 is 4.79 Å². The molecule has 4 nitrogen and oxygen atoms in total. The number of nitrogens with zero attached hydrogens (tertiary/aromatic N) is 1. The van der Waals surface area contributed by atoms with Gasteiger partial charge in [0.05, 0.1) is 0 Å². The maximum Gasteiger partial charge on any atom is 0.248 e. The smallest absolute Gasteiger partial charge is 0.248 e. The predicted octanol–water partition coefficient (Wildman–Crippen LogP) is 1.89. The van der Waals surface area contributed by atoms with Crippen LogP contribution in [0.2, 0.25) is 0 Å². The van der Waals surface area contributed by atoms with Gasteiger partial charge in [-0.15, -0.1) is 0 Å². The van der Waals surface area contributed by atoms with Crippen LogP contribution in [0.3, 0.4) is 0 Å². The Morgan fingerprint density at radius 2 is 2.00 bits per heavy atom. The van der Waals surface area contributed by atoms with E-state index in [1.165, 1.54) is 50.8 Å². The molecule has 21 heavy (non-hydrogen) atoms. The van der Waals surface area contributed by atoms with Crippen LogP contribution in [0.15, 0.2) is 24.3 Å². The molecule has 2 aliphatic rings. The van der Waals surface area contributed by atoms with E-state index in [0.717, 1.165) is 6.54 Å². The van der Waals surface area contributed by atoms with Gasteiger partial charge in [-0.1, -0.05) is 18.6 Å². The fraction of sp³-hybridized carbons (Fsp3) is 0.588. The second-order valence-electron chi connectivity index (χ2n) is 6.30. The largest absolute Gasteiger partial charge is 0.366 e. The Hall–Kier alpha value is -1.39. The zero-order valence-electron chi connectivity index (χ0n) is 12.6. The maximum atomic E-state index is 11.1. The van der Waals surface area contributed by atoms with Crippen LogP contribution in [0.5, 0.6) is 0 Å². The highest BCUT2D eigenvalue weighted by atomic mass is 16.1. The third-order valence-corrected chi connectivity index (χ3v) is 4.85. The van der Waals surface area contributed by atoms with Crippen LogP contribution in [0.4, 0.5) is 0 Å². The molecule has 4 heteroatoms. The molecule has 3 N–H and O–H groups in total. The Morgan fingerprint density at radius 3 is 2.67 bits per heavy atom. The van der Waals surface area contributed by atoms with Gasteiger partial charge < -0.3 is 11.1 Å². The summed E-state index contributed by atoms with van der Waals surface area (Å²) in [4.78, 5) is 13.7. The molecule has 2 unspecified atom stereocenters. The minimum absolute atomic E-state index is 0.354. The number of likely N-dealkylation sites (tertiary alicyclic amines) is 1. The normalized spacial score (nSPS) is 26.9. The van der Waals surface area contributed by atoms with Gasteiger partial charge in [0.2, 0.25) is 5.91 Å². The van der Waals surface area contributed by atoms with Crippen molar-refractivity contribution in [3.05, 3.63) is 35.4 Å². The fourth-order valence-corrected chi connectivity index (χ4v) is 3.72. The van der Waals surface area contributed by atoms with Crippen LogP contribution in [-0.4, -0.2) is 36.0 Å². The number of hydrogen-bond donors (Lipinski definition) is 2. The number of nitrogens with one attached hydrogen (secondary N) is 1. The molecule has 0 aromatic heterocycles. The van der Waals surface area contributed by atoms with Gasteiger partial charge in [-0.25, -0.2) is 0 Å². The van der Waals surface area contributed by atoms with Gasteiger partial charge in [0.1, 0.15) is 0 Å². The van der Waals surface area contributed by atoms with E-state index in [0.29, 0.717) is 17.6 Å². The summed E-state index contributed by atoms with van der Waals surface area (Å²) in [6, 6.07) is 9.07. The zero-order chi connectivity index (χ0) is 14.7. The third-order valence-electron chi connectivity index (χ3n) is 4.85. The van der Waals surface area contributed by atoms with Crippen molar-refractivity contribution in [3.63, 3.8) is 0 Å². The molecule has 3 rings (SSSR count). The quantitative estimate of drug-likeness (QED) is 0.889. The minimum atomic E-state index is -0.354. The Kier molecular flexibility index (Phi) is 4.56. The molecule has 2 saturated heterocycles. The number of hydrogen-bond acceptors (Lipinski definition) is 3. The summed E-state index contributed by atoms with van der Waals surface area (Å²) in [5.41, 5.74) is 7.15. The van der Waals surface area contributed by atoms with Crippen molar-refractivity contribution in [2.75, 3.05) is 13.1 Å². The molecule has 2 heterocycles. The maximum absolute atomic E-state index is 11.1. The van der Waals surface area contributed by atoms with Crippen LogP contribution in [0.25, 0.3) is 0 Å². The molecule has 0 radical (unpaired) electrons. The first kappa shape index (κ1) is 14.5. The van der Waals surface area contributed by atoms with E-state index >= 15 is 0 Å². The van der Waals surface area contributed by atoms with Gasteiger partial charge >= 0.3 is 0 Å². The van der Waals surface area contributed by atoms with Crippen molar-refractivity contribution in [2.45, 2.75) is 50.7 Å². The lowest BCUT2D eigenvalue weighted by atomic mass is 9.94. The monoisotopic (exact) mass is 287 g/mol. The first-order valence-electron chi connectivity index (χ1n) is 8.10. The van der Waals surface area contributed by atoms with Crippen LogP contribution < -0.4 is 11.1 Å². The van der Waals surface area contributed by atoms with Crippen molar-refractivity contribution in [2.24, 2.45) is 5.73 Å². The number of carbonyl (C=O) groups is 1. The first-order valence-corrected chi connectivity index (χ1v) is 8.10. The van der Waals surface area contributed by atoms with Crippen molar-refractivity contribution in [1.82, 2.24) is 10.2 Å². The fourth-order valence-electron chi connectivity index (χ4n) is 3.72. The molecule has 2 fully saturated rings. The third kappa shape index (κ3) is 3.44. The van der Waals surface area contributed by atoms with Gasteiger partial charge in [0.15, 0.2) is 0 Å². The summed E-state index contributed by atoms with van der Waals surface area (Å²) in [7, 11) is 0. The van der Waals surface area contributed by atoms with Gasteiger partial charge in [-0.3, -0.25) is 9.69 Å². The minimum Gasteiger partial charge on any atom is -0.366 e. The van der Waals surface area contributed by atoms with E-state index in [1.54, 1.807) is 0 Å². The zero-order valence-corrected chi connectivity index (χ0v) is 12.6. The molecule has 1 aromatic carbocycles. The second-order valence-corrected chi connectivity index (χ2v) is 6.30. The average Bonchev–Trinajstić information content (AvgIpc) is 3.02. The lowest BCUT2D eigenvalue weighted by Crippen LogP contribution is -2.49. The van der Waals surface area contributed by atoms with Gasteiger partial charge in [-0.05, 0) is 56.5 Å². The number of benzene rings is 1. The lowest BCUT2D eigenvalue weighted by Gasteiger charge is -2.39. The highest BCUT2D eigenvalue weighted by Crippen LogP contribution is 2.25. The topological polar surface area (TPSA) is 58.4 Å². The second kappa shape index (κ2) is 6.58. The SMILES string of the molecule is NC(=O)c1ccc(CN2CCCCC2C2CCCN2)cc1. The highest BCUT2D eigenvalue weighted by Gasteiger charge is 2.31. The van der Waals surface area contributed by atoms with Crippen molar-refractivity contribution in [1.29, 1.82) is 0 Å². The average molecular weight is 287 g/mol. The molecule has 2 aliphatic heterocycles. The Bertz CT molecular complexity index is 479. The van der Waals surface area contributed by atoms with Gasteiger partial charge in [0, 0.05) is 24.2 Å². The van der Waals surface area contributed by atoms with Gasteiger partial charge in [0.25, 0.3) is 0 Å². The predicted molar refractivity (Wildman–Crippen MR) is 84.0 cm³/mol. The van der Waals surface area contributed by atoms with E-state index in [9.17, 15) is 4.79 Å². The van der Waals surface area contributed by atoms with Crippen LogP contribution in [0, 0.1) is 0 Å². The molecule has 0 saturated carbocycles. The molecule has 1 amide bonds. The Morgan fingerprint density at radius 1 is 1.19 bits per heavy atom.